The Morgan fingerprint density at radius 2 is 1.97 bits per heavy atom. The van der Waals surface area contributed by atoms with Crippen molar-refractivity contribution in [1.29, 1.82) is 0 Å². The largest absolute Gasteiger partial charge is 0.494 e. The number of methoxy groups -OCH3 is 1. The molecule has 1 N–H and O–H groups in total. The predicted octanol–water partition coefficient (Wildman–Crippen LogP) is 4.28. The zero-order chi connectivity index (χ0) is 22.3. The number of nitrogens with zero attached hydrogens (tertiary/aromatic N) is 3. The monoisotopic (exact) mass is 565 g/mol. The molecule has 0 spiro atoms. The summed E-state index contributed by atoms with van der Waals surface area (Å²) in [7, 11) is 1.59. The Hall–Kier alpha value is -2.17. The van der Waals surface area contributed by atoms with Crippen LogP contribution < -0.4 is 19.9 Å². The summed E-state index contributed by atoms with van der Waals surface area (Å²) in [5, 5.41) is 5.15. The average molecular weight is 567 g/mol. The number of carbonyl (C=O) groups excluding carboxylic acids is 1. The van der Waals surface area contributed by atoms with E-state index in [0.29, 0.717) is 34.3 Å². The first-order valence-corrected chi connectivity index (χ1v) is 12.3. The molecule has 0 saturated heterocycles. The van der Waals surface area contributed by atoms with Crippen LogP contribution in [0.25, 0.3) is 11.3 Å². The van der Waals surface area contributed by atoms with Crippen LogP contribution in [0.4, 0.5) is 5.69 Å². The summed E-state index contributed by atoms with van der Waals surface area (Å²) in [6.45, 7) is 1.82. The molecule has 2 heterocycles. The summed E-state index contributed by atoms with van der Waals surface area (Å²) in [6.07, 6.45) is 1.49. The molecule has 1 atom stereocenters. The molecule has 1 amide bonds. The van der Waals surface area contributed by atoms with Crippen LogP contribution in [0.3, 0.4) is 0 Å². The first-order chi connectivity index (χ1) is 14.9. The number of hydrogen-bond acceptors (Lipinski definition) is 5. The molecule has 0 aliphatic carbocycles. The maximum Gasteiger partial charge on any atom is 0.325 e. The fourth-order valence-electron chi connectivity index (χ4n) is 3.73. The first kappa shape index (κ1) is 22.0. The van der Waals surface area contributed by atoms with E-state index < -0.39 is 6.17 Å². The lowest BCUT2D eigenvalue weighted by Crippen LogP contribution is -2.60. The summed E-state index contributed by atoms with van der Waals surface area (Å²) in [5.74, 6) is 0.564. The lowest BCUT2D eigenvalue weighted by molar-refractivity contribution is -0.763. The maximum absolute atomic E-state index is 13.2. The van der Waals surface area contributed by atoms with Crippen LogP contribution in [-0.4, -0.2) is 29.4 Å². The number of benzene rings is 2. The second-order valence-electron chi connectivity index (χ2n) is 6.78. The van der Waals surface area contributed by atoms with Gasteiger partial charge in [-0.3, -0.25) is 14.6 Å². The van der Waals surface area contributed by atoms with Crippen LogP contribution in [0, 0.1) is 0 Å². The number of para-hydroxylation sites is 1. The summed E-state index contributed by atoms with van der Waals surface area (Å²) in [5.41, 5.74) is 2.25. The first-order valence-electron chi connectivity index (χ1n) is 9.45. The fourth-order valence-corrected chi connectivity index (χ4v) is 5.64. The normalized spacial score (nSPS) is 14.7. The second-order valence-corrected chi connectivity index (χ2v) is 9.29. The Balaban J connectivity index is 2.09. The molecular weight excluding hydrogens is 548 g/mol. The van der Waals surface area contributed by atoms with Crippen LogP contribution in [0.15, 0.2) is 55.3 Å². The van der Waals surface area contributed by atoms with E-state index in [-0.39, 0.29) is 11.5 Å². The summed E-state index contributed by atoms with van der Waals surface area (Å²) in [4.78, 5) is 30.8. The number of aromatic nitrogens is 3. The molecule has 7 nitrogen and oxygen atoms in total. The molecule has 0 unspecified atom stereocenters. The third-order valence-electron chi connectivity index (χ3n) is 5.05. The van der Waals surface area contributed by atoms with Gasteiger partial charge in [0.25, 0.3) is 6.17 Å². The van der Waals surface area contributed by atoms with Crippen molar-refractivity contribution in [2.24, 2.45) is 0 Å². The van der Waals surface area contributed by atoms with Crippen LogP contribution in [0.5, 0.6) is 5.75 Å². The van der Waals surface area contributed by atoms with E-state index in [4.69, 9.17) is 4.74 Å². The Labute approximate surface area is 200 Å². The number of aromatic amines is 1. The standard InChI is InChI=1S/C21H18Br2N4O3S/c1-4-16(28)26-15-8-6-5-7-12(15)17-19(29)24-21(31-3)25-27(17)20(26)11-9-13(22)18(30-2)14(23)10-11/h5-10,20H,4H2,1-3H3/p+1/t20-/m0/s1. The van der Waals surface area contributed by atoms with E-state index in [1.54, 1.807) is 16.7 Å². The van der Waals surface area contributed by atoms with Crippen molar-refractivity contribution in [3.63, 3.8) is 0 Å². The minimum atomic E-state index is -0.649. The van der Waals surface area contributed by atoms with Crippen molar-refractivity contribution in [3.05, 3.63) is 61.3 Å². The third-order valence-corrected chi connectivity index (χ3v) is 6.79. The molecule has 160 valence electrons. The van der Waals surface area contributed by atoms with Crippen LogP contribution in [0.2, 0.25) is 0 Å². The molecule has 31 heavy (non-hydrogen) atoms. The number of anilines is 1. The topological polar surface area (TPSA) is 79.2 Å². The lowest BCUT2D eigenvalue weighted by Gasteiger charge is -2.32. The molecule has 2 aromatic carbocycles. The van der Waals surface area contributed by atoms with Gasteiger partial charge in [-0.2, -0.15) is 0 Å². The number of fused-ring (bicyclic) bond motifs is 3. The van der Waals surface area contributed by atoms with E-state index in [2.05, 4.69) is 41.9 Å². The van der Waals surface area contributed by atoms with Gasteiger partial charge in [0.15, 0.2) is 0 Å². The maximum atomic E-state index is 13.2. The van der Waals surface area contributed by atoms with Crippen LogP contribution in [0.1, 0.15) is 25.1 Å². The number of H-pyrrole nitrogens is 1. The highest BCUT2D eigenvalue weighted by molar-refractivity contribution is 9.11. The highest BCUT2D eigenvalue weighted by Gasteiger charge is 2.45. The van der Waals surface area contributed by atoms with Crippen LogP contribution >= 0.6 is 43.6 Å². The number of thioether (sulfide) groups is 1. The minimum Gasteiger partial charge on any atom is -0.494 e. The number of rotatable bonds is 4. The summed E-state index contributed by atoms with van der Waals surface area (Å²) >= 11 is 8.44. The Bertz CT molecular complexity index is 1220. The molecule has 3 aromatic rings. The van der Waals surface area contributed by atoms with Gasteiger partial charge in [0.2, 0.25) is 11.1 Å². The molecule has 1 aromatic heterocycles. The van der Waals surface area contributed by atoms with E-state index in [0.717, 1.165) is 14.5 Å². The second kappa shape index (κ2) is 8.76. The SMILES string of the molecule is CCC(=O)N1c2ccccc2-c2c(=O)[nH]c(SC)n[n+]2[C@H]1c1cc(Br)c(OC)c(Br)c1. The molecule has 10 heteroatoms. The molecule has 0 bridgehead atoms. The number of nitrogens with one attached hydrogen (secondary N) is 1. The number of hydrogen-bond donors (Lipinski definition) is 1. The zero-order valence-corrected chi connectivity index (χ0v) is 21.0. The number of carbonyl (C=O) groups is 1. The predicted molar refractivity (Wildman–Crippen MR) is 127 cm³/mol. The number of ether oxygens (including phenoxy) is 1. The van der Waals surface area contributed by atoms with E-state index >= 15 is 0 Å². The lowest BCUT2D eigenvalue weighted by atomic mass is 10.0. The molecular formula is C21H19Br2N4O3S+. The Morgan fingerprint density at radius 1 is 1.29 bits per heavy atom. The minimum absolute atomic E-state index is 0.0774. The van der Waals surface area contributed by atoms with Gasteiger partial charge in [0.05, 0.1) is 27.3 Å². The van der Waals surface area contributed by atoms with Crippen molar-refractivity contribution in [2.45, 2.75) is 24.7 Å². The van der Waals surface area contributed by atoms with Crippen molar-refractivity contribution in [2.75, 3.05) is 18.3 Å². The molecule has 0 saturated carbocycles. The number of halogens is 2. The van der Waals surface area contributed by atoms with Gasteiger partial charge in [-0.1, -0.05) is 30.8 Å². The van der Waals surface area contributed by atoms with Crippen molar-refractivity contribution in [3.8, 4) is 17.0 Å². The zero-order valence-electron chi connectivity index (χ0n) is 17.0. The highest BCUT2D eigenvalue weighted by atomic mass is 79.9. The molecule has 1 aliphatic rings. The third kappa shape index (κ3) is 3.70. The molecule has 0 radical (unpaired) electrons. The molecule has 4 rings (SSSR count). The van der Waals surface area contributed by atoms with Gasteiger partial charge in [0.1, 0.15) is 5.75 Å². The average Bonchev–Trinajstić information content (AvgIpc) is 2.76. The van der Waals surface area contributed by atoms with Gasteiger partial charge >= 0.3 is 11.3 Å². The summed E-state index contributed by atoms with van der Waals surface area (Å²) < 4.78 is 8.52. The quantitative estimate of drug-likeness (QED) is 0.376. The Kier molecular flexibility index (Phi) is 6.23. The smallest absolute Gasteiger partial charge is 0.325 e. The van der Waals surface area contributed by atoms with Gasteiger partial charge in [0, 0.05) is 17.1 Å². The van der Waals surface area contributed by atoms with Crippen molar-refractivity contribution < 1.29 is 14.2 Å². The summed E-state index contributed by atoms with van der Waals surface area (Å²) in [6, 6.07) is 11.2. The molecule has 1 aliphatic heterocycles. The Morgan fingerprint density at radius 3 is 2.58 bits per heavy atom. The van der Waals surface area contributed by atoms with Gasteiger partial charge in [-0.05, 0) is 67.1 Å². The molecule has 0 fully saturated rings. The van der Waals surface area contributed by atoms with Crippen molar-refractivity contribution >= 4 is 55.2 Å². The highest BCUT2D eigenvalue weighted by Crippen LogP contribution is 2.41. The van der Waals surface area contributed by atoms with Crippen molar-refractivity contribution in [1.82, 2.24) is 10.1 Å². The van der Waals surface area contributed by atoms with Gasteiger partial charge in [-0.15, -0.1) is 0 Å². The fraction of sp³-hybridized carbons (Fsp3) is 0.238. The van der Waals surface area contributed by atoms with E-state index in [1.165, 1.54) is 11.8 Å². The van der Waals surface area contributed by atoms with E-state index in [1.807, 2.05) is 49.6 Å². The van der Waals surface area contributed by atoms with E-state index in [9.17, 15) is 9.59 Å². The van der Waals surface area contributed by atoms with Gasteiger partial charge < -0.3 is 4.74 Å². The van der Waals surface area contributed by atoms with Crippen LogP contribution in [-0.2, 0) is 4.79 Å². The van der Waals surface area contributed by atoms with Gasteiger partial charge in [-0.25, -0.2) is 4.90 Å². The number of amides is 1.